The molecule has 0 bridgehead atoms. The highest BCUT2D eigenvalue weighted by Crippen LogP contribution is 2.13. The minimum absolute atomic E-state index is 0.353. The normalized spacial score (nSPS) is 10.0. The van der Waals surface area contributed by atoms with Crippen LogP contribution in [-0.2, 0) is 6.61 Å². The van der Waals surface area contributed by atoms with Gasteiger partial charge >= 0.3 is 0 Å². The highest BCUT2D eigenvalue weighted by Gasteiger charge is 2.01. The van der Waals surface area contributed by atoms with Gasteiger partial charge in [-0.25, -0.2) is 4.98 Å². The molecule has 72 valence electrons. The molecule has 0 radical (unpaired) electrons. The largest absolute Gasteiger partial charge is 0.470 e. The van der Waals surface area contributed by atoms with Crippen molar-refractivity contribution in [3.05, 3.63) is 29.4 Å². The molecule has 0 amide bonds. The quantitative estimate of drug-likeness (QED) is 0.817. The van der Waals surface area contributed by atoms with Crippen LogP contribution in [0.25, 0.3) is 0 Å². The van der Waals surface area contributed by atoms with Gasteiger partial charge in [-0.1, -0.05) is 17.4 Å². The molecule has 0 saturated heterocycles. The molecule has 0 aliphatic rings. The lowest BCUT2D eigenvalue weighted by Gasteiger charge is -2.00. The highest BCUT2D eigenvalue weighted by atomic mass is 32.1. The van der Waals surface area contributed by atoms with Crippen LogP contribution in [-0.4, -0.2) is 15.2 Å². The summed E-state index contributed by atoms with van der Waals surface area (Å²) in [6.07, 6.45) is 1.67. The fraction of sp³-hybridized carbons (Fsp3) is 0.125. The van der Waals surface area contributed by atoms with E-state index in [0.717, 1.165) is 5.01 Å². The molecular formula is C8H8N4OS. The predicted octanol–water partition coefficient (Wildman–Crippen LogP) is 1.09. The van der Waals surface area contributed by atoms with Crippen LogP contribution >= 0.6 is 11.3 Å². The SMILES string of the molecule is Nc1nnc(COc2ccccn2)s1. The van der Waals surface area contributed by atoms with E-state index in [0.29, 0.717) is 17.6 Å². The van der Waals surface area contributed by atoms with Crippen molar-refractivity contribution < 1.29 is 4.74 Å². The molecule has 5 nitrogen and oxygen atoms in total. The molecule has 14 heavy (non-hydrogen) atoms. The maximum absolute atomic E-state index is 5.42. The van der Waals surface area contributed by atoms with Gasteiger partial charge in [-0.3, -0.25) is 0 Å². The van der Waals surface area contributed by atoms with Crippen LogP contribution < -0.4 is 10.5 Å². The molecule has 0 aliphatic carbocycles. The molecule has 0 atom stereocenters. The van der Waals surface area contributed by atoms with Gasteiger partial charge in [0, 0.05) is 12.3 Å². The average molecular weight is 208 g/mol. The summed E-state index contributed by atoms with van der Waals surface area (Å²) in [5, 5.41) is 8.69. The zero-order valence-electron chi connectivity index (χ0n) is 7.25. The van der Waals surface area contributed by atoms with Gasteiger partial charge in [-0.05, 0) is 6.07 Å². The van der Waals surface area contributed by atoms with Crippen LogP contribution in [0.2, 0.25) is 0 Å². The minimum Gasteiger partial charge on any atom is -0.470 e. The number of hydrogen-bond acceptors (Lipinski definition) is 6. The molecule has 0 saturated carbocycles. The Bertz CT molecular complexity index is 403. The van der Waals surface area contributed by atoms with Crippen molar-refractivity contribution in [1.29, 1.82) is 0 Å². The van der Waals surface area contributed by atoms with Crippen LogP contribution in [0.4, 0.5) is 5.13 Å². The molecule has 2 aromatic heterocycles. The first-order valence-electron chi connectivity index (χ1n) is 3.96. The lowest BCUT2D eigenvalue weighted by atomic mass is 10.5. The highest BCUT2D eigenvalue weighted by molar-refractivity contribution is 7.15. The fourth-order valence-electron chi connectivity index (χ4n) is 0.893. The number of aromatic nitrogens is 3. The average Bonchev–Trinajstić information content (AvgIpc) is 2.63. The Labute approximate surface area is 84.6 Å². The van der Waals surface area contributed by atoms with E-state index in [-0.39, 0.29) is 0 Å². The van der Waals surface area contributed by atoms with Crippen molar-refractivity contribution >= 4 is 16.5 Å². The number of rotatable bonds is 3. The van der Waals surface area contributed by atoms with Gasteiger partial charge in [0.05, 0.1) is 0 Å². The molecule has 6 heteroatoms. The van der Waals surface area contributed by atoms with Crippen molar-refractivity contribution in [3.8, 4) is 5.88 Å². The number of nitrogens with two attached hydrogens (primary N) is 1. The van der Waals surface area contributed by atoms with Gasteiger partial charge in [0.2, 0.25) is 11.0 Å². The summed E-state index contributed by atoms with van der Waals surface area (Å²) in [5.41, 5.74) is 5.42. The second kappa shape index (κ2) is 4.01. The maximum Gasteiger partial charge on any atom is 0.213 e. The number of nitrogen functional groups attached to an aromatic ring is 1. The Morgan fingerprint density at radius 3 is 2.93 bits per heavy atom. The molecule has 0 aliphatic heterocycles. The van der Waals surface area contributed by atoms with E-state index < -0.39 is 0 Å². The topological polar surface area (TPSA) is 73.9 Å². The number of hydrogen-bond donors (Lipinski definition) is 1. The third-order valence-corrected chi connectivity index (χ3v) is 2.19. The molecule has 0 unspecified atom stereocenters. The van der Waals surface area contributed by atoms with Crippen LogP contribution in [0, 0.1) is 0 Å². The van der Waals surface area contributed by atoms with Crippen molar-refractivity contribution in [2.45, 2.75) is 6.61 Å². The predicted molar refractivity (Wildman–Crippen MR) is 52.9 cm³/mol. The van der Waals surface area contributed by atoms with E-state index in [4.69, 9.17) is 10.5 Å². The third kappa shape index (κ3) is 2.17. The zero-order valence-corrected chi connectivity index (χ0v) is 8.07. The van der Waals surface area contributed by atoms with Gasteiger partial charge in [0.1, 0.15) is 6.61 Å². The summed E-state index contributed by atoms with van der Waals surface area (Å²) in [7, 11) is 0. The molecule has 2 aromatic rings. The fourth-order valence-corrected chi connectivity index (χ4v) is 1.42. The van der Waals surface area contributed by atoms with E-state index in [2.05, 4.69) is 15.2 Å². The second-order valence-electron chi connectivity index (χ2n) is 2.49. The molecule has 0 aromatic carbocycles. The number of pyridine rings is 1. The van der Waals surface area contributed by atoms with Crippen LogP contribution in [0.3, 0.4) is 0 Å². The van der Waals surface area contributed by atoms with Gasteiger partial charge in [0.15, 0.2) is 5.01 Å². The van der Waals surface area contributed by atoms with Crippen LogP contribution in [0.5, 0.6) is 5.88 Å². The molecule has 0 spiro atoms. The van der Waals surface area contributed by atoms with E-state index in [1.165, 1.54) is 11.3 Å². The van der Waals surface area contributed by atoms with Gasteiger partial charge in [-0.2, -0.15) is 0 Å². The van der Waals surface area contributed by atoms with Gasteiger partial charge < -0.3 is 10.5 Å². The number of ether oxygens (including phenoxy) is 1. The monoisotopic (exact) mass is 208 g/mol. The molecular weight excluding hydrogens is 200 g/mol. The summed E-state index contributed by atoms with van der Waals surface area (Å²) in [4.78, 5) is 4.00. The number of anilines is 1. The lowest BCUT2D eigenvalue weighted by Crippen LogP contribution is -1.95. The third-order valence-electron chi connectivity index (χ3n) is 1.46. The van der Waals surface area contributed by atoms with Crippen molar-refractivity contribution in [3.63, 3.8) is 0 Å². The number of nitrogens with zero attached hydrogens (tertiary/aromatic N) is 3. The molecule has 2 heterocycles. The lowest BCUT2D eigenvalue weighted by molar-refractivity contribution is 0.292. The summed E-state index contributed by atoms with van der Waals surface area (Å²) in [6.45, 7) is 0.353. The van der Waals surface area contributed by atoms with E-state index in [1.54, 1.807) is 12.3 Å². The van der Waals surface area contributed by atoms with Gasteiger partial charge in [0.25, 0.3) is 0 Å². The van der Waals surface area contributed by atoms with Crippen molar-refractivity contribution in [2.75, 3.05) is 5.73 Å². The maximum atomic E-state index is 5.42. The smallest absolute Gasteiger partial charge is 0.213 e. The second-order valence-corrected chi connectivity index (χ2v) is 3.58. The first kappa shape index (κ1) is 8.89. The van der Waals surface area contributed by atoms with Crippen LogP contribution in [0.1, 0.15) is 5.01 Å². The molecule has 2 rings (SSSR count). The van der Waals surface area contributed by atoms with Crippen molar-refractivity contribution in [2.24, 2.45) is 0 Å². The Hall–Kier alpha value is -1.69. The van der Waals surface area contributed by atoms with E-state index >= 15 is 0 Å². The zero-order chi connectivity index (χ0) is 9.80. The summed E-state index contributed by atoms with van der Waals surface area (Å²) >= 11 is 1.31. The molecule has 0 fully saturated rings. The van der Waals surface area contributed by atoms with E-state index in [1.807, 2.05) is 12.1 Å². The minimum atomic E-state index is 0.353. The summed E-state index contributed by atoms with van der Waals surface area (Å²) in [5.74, 6) is 0.571. The summed E-state index contributed by atoms with van der Waals surface area (Å²) in [6, 6.07) is 5.47. The van der Waals surface area contributed by atoms with Crippen molar-refractivity contribution in [1.82, 2.24) is 15.2 Å². The van der Waals surface area contributed by atoms with Crippen LogP contribution in [0.15, 0.2) is 24.4 Å². The molecule has 2 N–H and O–H groups in total. The van der Waals surface area contributed by atoms with E-state index in [9.17, 15) is 0 Å². The summed E-state index contributed by atoms with van der Waals surface area (Å²) < 4.78 is 5.35. The first-order chi connectivity index (χ1) is 6.84. The Kier molecular flexibility index (Phi) is 2.55. The Balaban J connectivity index is 1.95. The Morgan fingerprint density at radius 1 is 1.36 bits per heavy atom. The Morgan fingerprint density at radius 2 is 2.29 bits per heavy atom. The standard InChI is InChI=1S/C8H8N4OS/c9-8-12-11-7(14-8)5-13-6-3-1-2-4-10-6/h1-4H,5H2,(H2,9,12). The first-order valence-corrected chi connectivity index (χ1v) is 4.78. The van der Waals surface area contributed by atoms with Gasteiger partial charge in [-0.15, -0.1) is 10.2 Å².